The zero-order valence-electron chi connectivity index (χ0n) is 57.6. The van der Waals surface area contributed by atoms with Gasteiger partial charge in [0.25, 0.3) is 7.82 Å². The average molecular weight is 1240 g/mol. The van der Waals surface area contributed by atoms with E-state index in [1.165, 1.54) is 122 Å². The Morgan fingerprint density at radius 3 is 1.11 bits per heavy atom. The third-order valence-electron chi connectivity index (χ3n) is 15.3. The zero-order valence-corrected chi connectivity index (χ0v) is 58.5. The standard InChI is InChI=1S/C78H135N2O7P/c1-7-10-13-16-19-22-25-28-30-32-34-36-38-39-40-41-43-45-47-49-51-53-56-59-62-65-68-71-78(82)87-76(69-66-63-60-57-54-27-24-21-18-15-12-9-3)75(74-86-88(83,84)85-73-72-80(4,5)6)79-77(81)70-67-64-61-58-55-52-50-48-46-44-42-37-35-33-31-29-26-23-20-17-14-11-8-2/h10,13,19-20,22-23,28-31,34-37,39-40,43-46,66,69,75-76H,7-9,11-12,14-18,21,24-27,32-33,38,41-42,47-65,67-68,70-74H2,1-6H3,(H-,79,81,83,84)/b13-10-,22-19-,23-20-,30-28-,31-29-,36-34-,37-35-,40-39-,45-43-,46-44-,69-66+. The number of rotatable bonds is 64. The summed E-state index contributed by atoms with van der Waals surface area (Å²) >= 11 is 0. The topological polar surface area (TPSA) is 114 Å². The Morgan fingerprint density at radius 1 is 0.409 bits per heavy atom. The van der Waals surface area contributed by atoms with E-state index < -0.39 is 26.6 Å². The molecule has 3 unspecified atom stereocenters. The van der Waals surface area contributed by atoms with E-state index >= 15 is 0 Å². The molecule has 0 saturated heterocycles. The van der Waals surface area contributed by atoms with E-state index in [1.54, 1.807) is 0 Å². The molecule has 1 amide bonds. The van der Waals surface area contributed by atoms with Crippen LogP contribution < -0.4 is 10.2 Å². The van der Waals surface area contributed by atoms with E-state index in [9.17, 15) is 19.0 Å². The maximum Gasteiger partial charge on any atom is 0.306 e. The molecule has 0 aromatic carbocycles. The first-order valence-electron chi connectivity index (χ1n) is 36.0. The van der Waals surface area contributed by atoms with Crippen molar-refractivity contribution in [3.05, 3.63) is 134 Å². The third-order valence-corrected chi connectivity index (χ3v) is 16.3. The molecular weight excluding hydrogens is 1110 g/mol. The van der Waals surface area contributed by atoms with Crippen LogP contribution in [-0.4, -0.2) is 69.4 Å². The van der Waals surface area contributed by atoms with Crippen molar-refractivity contribution in [2.24, 2.45) is 0 Å². The third kappa shape index (κ3) is 66.6. The second-order valence-corrected chi connectivity index (χ2v) is 26.4. The van der Waals surface area contributed by atoms with E-state index in [0.717, 1.165) is 135 Å². The predicted octanol–water partition coefficient (Wildman–Crippen LogP) is 22.5. The highest BCUT2D eigenvalue weighted by Crippen LogP contribution is 2.38. The molecule has 0 saturated carbocycles. The smallest absolute Gasteiger partial charge is 0.306 e. The molecule has 0 bridgehead atoms. The molecule has 0 aromatic heterocycles. The fraction of sp³-hybridized carbons (Fsp3) is 0.692. The number of quaternary nitrogens is 1. The van der Waals surface area contributed by atoms with Gasteiger partial charge in [-0.3, -0.25) is 14.2 Å². The molecule has 3 atom stereocenters. The number of nitrogens with zero attached hydrogens (tertiary/aromatic N) is 1. The number of carbonyl (C=O) groups is 2. The molecule has 0 radical (unpaired) electrons. The van der Waals surface area contributed by atoms with Crippen LogP contribution in [0.15, 0.2) is 134 Å². The molecule has 504 valence electrons. The van der Waals surface area contributed by atoms with E-state index in [-0.39, 0.29) is 24.9 Å². The van der Waals surface area contributed by atoms with Crippen LogP contribution in [0.25, 0.3) is 0 Å². The monoisotopic (exact) mass is 1240 g/mol. The molecule has 0 heterocycles. The normalized spacial score (nSPS) is 14.3. The number of ether oxygens (including phenoxy) is 1. The number of phosphoric acid groups is 1. The molecule has 0 rings (SSSR count). The van der Waals surface area contributed by atoms with Crippen molar-refractivity contribution in [3.63, 3.8) is 0 Å². The van der Waals surface area contributed by atoms with E-state index in [0.29, 0.717) is 23.9 Å². The molecule has 0 aliphatic heterocycles. The van der Waals surface area contributed by atoms with E-state index in [4.69, 9.17) is 13.8 Å². The predicted molar refractivity (Wildman–Crippen MR) is 380 cm³/mol. The lowest BCUT2D eigenvalue weighted by atomic mass is 10.0. The maximum atomic E-state index is 13.6. The number of esters is 1. The molecular formula is C78H135N2O7P. The number of nitrogens with one attached hydrogen (secondary N) is 1. The number of amides is 1. The Labute approximate surface area is 543 Å². The van der Waals surface area contributed by atoms with E-state index in [2.05, 4.69) is 148 Å². The van der Waals surface area contributed by atoms with Gasteiger partial charge in [-0.05, 0) is 128 Å². The molecule has 9 nitrogen and oxygen atoms in total. The lowest BCUT2D eigenvalue weighted by Crippen LogP contribution is -2.47. The van der Waals surface area contributed by atoms with Gasteiger partial charge in [-0.1, -0.05) is 290 Å². The summed E-state index contributed by atoms with van der Waals surface area (Å²) in [6.07, 6.45) is 94.2. The van der Waals surface area contributed by atoms with Crippen molar-refractivity contribution in [2.45, 2.75) is 309 Å². The van der Waals surface area contributed by atoms with Gasteiger partial charge in [0, 0.05) is 12.8 Å². The lowest BCUT2D eigenvalue weighted by molar-refractivity contribution is -0.870. The van der Waals surface area contributed by atoms with Crippen molar-refractivity contribution in [3.8, 4) is 0 Å². The summed E-state index contributed by atoms with van der Waals surface area (Å²) in [6, 6.07) is -0.909. The number of hydrogen-bond donors (Lipinski definition) is 1. The van der Waals surface area contributed by atoms with Gasteiger partial charge in [-0.15, -0.1) is 0 Å². The summed E-state index contributed by atoms with van der Waals surface area (Å²) in [6.45, 7) is 6.69. The Hall–Kier alpha value is -3.85. The lowest BCUT2D eigenvalue weighted by Gasteiger charge is -2.30. The Kier molecular flexibility index (Phi) is 63.2. The first-order valence-corrected chi connectivity index (χ1v) is 37.5. The second-order valence-electron chi connectivity index (χ2n) is 25.0. The Balaban J connectivity index is 5.12. The van der Waals surface area contributed by atoms with Crippen LogP contribution in [0.4, 0.5) is 0 Å². The molecule has 0 aliphatic rings. The van der Waals surface area contributed by atoms with Crippen LogP contribution >= 0.6 is 7.82 Å². The number of hydrogen-bond acceptors (Lipinski definition) is 7. The van der Waals surface area contributed by atoms with Crippen LogP contribution in [0.5, 0.6) is 0 Å². The van der Waals surface area contributed by atoms with Gasteiger partial charge < -0.3 is 28.5 Å². The van der Waals surface area contributed by atoms with Gasteiger partial charge >= 0.3 is 5.97 Å². The first-order chi connectivity index (χ1) is 42.9. The minimum atomic E-state index is -4.72. The highest BCUT2D eigenvalue weighted by molar-refractivity contribution is 7.45. The minimum absolute atomic E-state index is 0.0328. The first kappa shape index (κ1) is 84.2. The second kappa shape index (κ2) is 66.1. The summed E-state index contributed by atoms with van der Waals surface area (Å²) in [7, 11) is 1.16. The van der Waals surface area contributed by atoms with Crippen LogP contribution in [-0.2, 0) is 27.9 Å². The van der Waals surface area contributed by atoms with Crippen molar-refractivity contribution >= 4 is 19.7 Å². The number of allylic oxidation sites excluding steroid dienone is 21. The number of carbonyl (C=O) groups excluding carboxylic acids is 2. The molecule has 10 heteroatoms. The summed E-state index contributed by atoms with van der Waals surface area (Å²) < 4.78 is 30.4. The largest absolute Gasteiger partial charge is 0.756 e. The molecule has 0 fully saturated rings. The van der Waals surface area contributed by atoms with Gasteiger partial charge in [0.2, 0.25) is 5.91 Å². The van der Waals surface area contributed by atoms with Crippen LogP contribution in [0.2, 0.25) is 0 Å². The maximum absolute atomic E-state index is 13.6. The minimum Gasteiger partial charge on any atom is -0.756 e. The fourth-order valence-corrected chi connectivity index (χ4v) is 10.5. The van der Waals surface area contributed by atoms with Crippen molar-refractivity contribution in [1.82, 2.24) is 5.32 Å². The van der Waals surface area contributed by atoms with Crippen LogP contribution in [0.3, 0.4) is 0 Å². The molecule has 0 aliphatic carbocycles. The van der Waals surface area contributed by atoms with Gasteiger partial charge in [0.15, 0.2) is 0 Å². The SMILES string of the molecule is CC/C=C\C/C=C\C/C=C\C/C=C\C/C=C\C/C=C\CCCCCCCCCCC(=O)OC(/C=C/CCCCCCCCCCCC)C(COP(=O)([O-])OCC[N+](C)(C)C)NC(=O)CCCCCCCCC/C=C\C/C=C\C/C=C\C/C=C\CCCCC. The van der Waals surface area contributed by atoms with Crippen molar-refractivity contribution in [1.29, 1.82) is 0 Å². The van der Waals surface area contributed by atoms with Crippen molar-refractivity contribution in [2.75, 3.05) is 40.9 Å². The quantitative estimate of drug-likeness (QED) is 0.0212. The zero-order chi connectivity index (χ0) is 64.2. The highest BCUT2D eigenvalue weighted by Gasteiger charge is 2.27. The molecule has 88 heavy (non-hydrogen) atoms. The van der Waals surface area contributed by atoms with Gasteiger partial charge in [-0.25, -0.2) is 0 Å². The molecule has 0 aromatic rings. The van der Waals surface area contributed by atoms with Gasteiger partial charge in [-0.2, -0.15) is 0 Å². The fourth-order valence-electron chi connectivity index (χ4n) is 9.80. The Bertz CT molecular complexity index is 1970. The van der Waals surface area contributed by atoms with Crippen LogP contribution in [0, 0.1) is 0 Å². The van der Waals surface area contributed by atoms with Gasteiger partial charge in [0.1, 0.15) is 19.3 Å². The number of phosphoric ester groups is 1. The summed E-state index contributed by atoms with van der Waals surface area (Å²) in [5.74, 6) is -0.567. The summed E-state index contributed by atoms with van der Waals surface area (Å²) in [5.41, 5.74) is 0. The van der Waals surface area contributed by atoms with E-state index in [1.807, 2.05) is 33.3 Å². The molecule has 0 spiro atoms. The van der Waals surface area contributed by atoms with Crippen molar-refractivity contribution < 1.29 is 37.3 Å². The highest BCUT2D eigenvalue weighted by atomic mass is 31.2. The summed E-state index contributed by atoms with van der Waals surface area (Å²) in [4.78, 5) is 40.2. The molecule has 1 N–H and O–H groups in total. The average Bonchev–Trinajstić information content (AvgIpc) is 3.61. The number of likely N-dealkylation sites (N-methyl/N-ethyl adjacent to an activating group) is 1. The number of unbranched alkanes of at least 4 members (excludes halogenated alkanes) is 28. The van der Waals surface area contributed by atoms with Crippen LogP contribution in [0.1, 0.15) is 297 Å². The Morgan fingerprint density at radius 2 is 0.727 bits per heavy atom. The summed E-state index contributed by atoms with van der Waals surface area (Å²) in [5, 5.41) is 3.03. The van der Waals surface area contributed by atoms with Gasteiger partial charge in [0.05, 0.1) is 33.8 Å².